The van der Waals surface area contributed by atoms with Crippen LogP contribution in [0.3, 0.4) is 0 Å². The zero-order valence-electron chi connectivity index (χ0n) is 15.5. The fourth-order valence-electron chi connectivity index (χ4n) is 7.28. The van der Waals surface area contributed by atoms with E-state index in [4.69, 9.17) is 4.74 Å². The molecule has 0 aromatic carbocycles. The van der Waals surface area contributed by atoms with Crippen molar-refractivity contribution in [2.24, 2.45) is 34.5 Å². The molecule has 4 aliphatic rings. The molecule has 4 fully saturated rings. The van der Waals surface area contributed by atoms with Gasteiger partial charge in [-0.05, 0) is 68.6 Å². The Morgan fingerprint density at radius 1 is 1.08 bits per heavy atom. The number of fused-ring (bicyclic) bond motifs is 5. The highest BCUT2D eigenvalue weighted by molar-refractivity contribution is 5.95. The van der Waals surface area contributed by atoms with Crippen LogP contribution in [0.1, 0.15) is 72.1 Å². The van der Waals surface area contributed by atoms with Crippen molar-refractivity contribution in [2.75, 3.05) is 6.61 Å². The van der Waals surface area contributed by atoms with Crippen LogP contribution in [0.25, 0.3) is 0 Å². The van der Waals surface area contributed by atoms with E-state index in [0.717, 1.165) is 32.3 Å². The summed E-state index contributed by atoms with van der Waals surface area (Å²) >= 11 is 0. The Balaban J connectivity index is 1.67. The molecule has 7 unspecified atom stereocenters. The van der Waals surface area contributed by atoms with E-state index in [2.05, 4.69) is 20.8 Å². The van der Waals surface area contributed by atoms with Crippen LogP contribution in [0.4, 0.5) is 0 Å². The van der Waals surface area contributed by atoms with Gasteiger partial charge in [-0.2, -0.15) is 0 Å². The second-order valence-electron chi connectivity index (χ2n) is 9.41. The standard InChI is InChI=1S/C21H32O3/c1-4-24-14-7-5-13-6-8-15-16-9-10-18(23)21(16,3)12-17(22)19(15)20(13,2)11-14/h13-16,19H,4-12H2,1-3H3. The predicted octanol–water partition coefficient (Wildman–Crippen LogP) is 4.18. The number of ketones is 2. The molecule has 0 amide bonds. The molecule has 0 heterocycles. The molecule has 3 nitrogen and oxygen atoms in total. The van der Waals surface area contributed by atoms with Gasteiger partial charge in [0, 0.05) is 30.8 Å². The van der Waals surface area contributed by atoms with E-state index in [1.807, 2.05) is 0 Å². The van der Waals surface area contributed by atoms with Crippen molar-refractivity contribution in [3.8, 4) is 0 Å². The molecular weight excluding hydrogens is 300 g/mol. The Hall–Kier alpha value is -0.700. The summed E-state index contributed by atoms with van der Waals surface area (Å²) in [4.78, 5) is 25.7. The van der Waals surface area contributed by atoms with Gasteiger partial charge in [-0.15, -0.1) is 0 Å². The Morgan fingerprint density at radius 2 is 1.83 bits per heavy atom. The number of hydrogen-bond acceptors (Lipinski definition) is 3. The van der Waals surface area contributed by atoms with Crippen LogP contribution < -0.4 is 0 Å². The summed E-state index contributed by atoms with van der Waals surface area (Å²) in [7, 11) is 0. The zero-order valence-corrected chi connectivity index (χ0v) is 15.5. The molecule has 4 saturated carbocycles. The maximum atomic E-state index is 13.3. The van der Waals surface area contributed by atoms with Crippen LogP contribution >= 0.6 is 0 Å². The maximum Gasteiger partial charge on any atom is 0.139 e. The van der Waals surface area contributed by atoms with Crippen LogP contribution in [0.2, 0.25) is 0 Å². The predicted molar refractivity (Wildman–Crippen MR) is 92.5 cm³/mol. The normalized spacial score (nSPS) is 51.0. The molecule has 0 bridgehead atoms. The van der Waals surface area contributed by atoms with Crippen molar-refractivity contribution in [1.82, 2.24) is 0 Å². The van der Waals surface area contributed by atoms with E-state index in [1.165, 1.54) is 12.8 Å². The SMILES string of the molecule is CCOC1CCC2CCC3C4CCC(=O)C4(C)CC(=O)C3C2(C)C1. The summed E-state index contributed by atoms with van der Waals surface area (Å²) in [6.45, 7) is 7.29. The average molecular weight is 332 g/mol. The van der Waals surface area contributed by atoms with Crippen molar-refractivity contribution in [2.45, 2.75) is 78.2 Å². The molecule has 24 heavy (non-hydrogen) atoms. The molecule has 4 rings (SSSR count). The van der Waals surface area contributed by atoms with Crippen LogP contribution in [-0.2, 0) is 14.3 Å². The van der Waals surface area contributed by atoms with E-state index in [0.29, 0.717) is 48.3 Å². The van der Waals surface area contributed by atoms with Crippen molar-refractivity contribution in [3.63, 3.8) is 0 Å². The van der Waals surface area contributed by atoms with Gasteiger partial charge < -0.3 is 4.74 Å². The molecule has 0 N–H and O–H groups in total. The lowest BCUT2D eigenvalue weighted by Crippen LogP contribution is -2.58. The smallest absolute Gasteiger partial charge is 0.139 e. The lowest BCUT2D eigenvalue weighted by Gasteiger charge is -2.59. The number of ether oxygens (including phenoxy) is 1. The van der Waals surface area contributed by atoms with Crippen molar-refractivity contribution < 1.29 is 14.3 Å². The largest absolute Gasteiger partial charge is 0.378 e. The van der Waals surface area contributed by atoms with Crippen LogP contribution in [0.15, 0.2) is 0 Å². The number of hydrogen-bond donors (Lipinski definition) is 0. The highest BCUT2D eigenvalue weighted by atomic mass is 16.5. The van der Waals surface area contributed by atoms with E-state index < -0.39 is 0 Å². The molecule has 0 spiro atoms. The van der Waals surface area contributed by atoms with Gasteiger partial charge in [-0.1, -0.05) is 13.8 Å². The fourth-order valence-corrected chi connectivity index (χ4v) is 7.28. The third-order valence-electron chi connectivity index (χ3n) is 8.37. The highest BCUT2D eigenvalue weighted by Gasteiger charge is 2.63. The van der Waals surface area contributed by atoms with Gasteiger partial charge in [0.2, 0.25) is 0 Å². The molecule has 7 atom stereocenters. The first kappa shape index (κ1) is 16.8. The van der Waals surface area contributed by atoms with Crippen LogP contribution in [-0.4, -0.2) is 24.3 Å². The molecule has 3 heteroatoms. The van der Waals surface area contributed by atoms with Crippen molar-refractivity contribution in [1.29, 1.82) is 0 Å². The lowest BCUT2D eigenvalue weighted by molar-refractivity contribution is -0.165. The molecular formula is C21H32O3. The molecule has 0 aromatic heterocycles. The number of Topliss-reactive ketones (excluding diaryl/α,β-unsaturated/α-hetero) is 2. The van der Waals surface area contributed by atoms with Gasteiger partial charge in [0.25, 0.3) is 0 Å². The zero-order chi connectivity index (χ0) is 17.1. The molecule has 0 saturated heterocycles. The molecule has 0 radical (unpaired) electrons. The summed E-state index contributed by atoms with van der Waals surface area (Å²) in [5.74, 6) is 2.45. The minimum atomic E-state index is -0.352. The van der Waals surface area contributed by atoms with Crippen molar-refractivity contribution >= 4 is 11.6 Å². The molecule has 4 aliphatic carbocycles. The van der Waals surface area contributed by atoms with E-state index in [9.17, 15) is 9.59 Å². The minimum absolute atomic E-state index is 0.0883. The summed E-state index contributed by atoms with van der Waals surface area (Å²) in [5.41, 5.74) is -0.263. The third kappa shape index (κ3) is 2.19. The lowest BCUT2D eigenvalue weighted by atomic mass is 9.45. The van der Waals surface area contributed by atoms with Gasteiger partial charge >= 0.3 is 0 Å². The first-order valence-corrected chi connectivity index (χ1v) is 10.1. The molecule has 0 aliphatic heterocycles. The summed E-state index contributed by atoms with van der Waals surface area (Å²) in [6, 6.07) is 0. The number of rotatable bonds is 2. The molecule has 134 valence electrons. The van der Waals surface area contributed by atoms with Crippen molar-refractivity contribution in [3.05, 3.63) is 0 Å². The summed E-state index contributed by atoms with van der Waals surface area (Å²) in [5, 5.41) is 0. The second-order valence-corrected chi connectivity index (χ2v) is 9.41. The van der Waals surface area contributed by atoms with E-state index >= 15 is 0 Å². The second kappa shape index (κ2) is 5.65. The van der Waals surface area contributed by atoms with Gasteiger partial charge in [0.1, 0.15) is 11.6 Å². The highest BCUT2D eigenvalue weighted by Crippen LogP contribution is 2.64. The van der Waals surface area contributed by atoms with Crippen LogP contribution in [0.5, 0.6) is 0 Å². The van der Waals surface area contributed by atoms with Gasteiger partial charge in [-0.3, -0.25) is 9.59 Å². The Morgan fingerprint density at radius 3 is 2.58 bits per heavy atom. The molecule has 0 aromatic rings. The van der Waals surface area contributed by atoms with E-state index in [-0.39, 0.29) is 16.7 Å². The van der Waals surface area contributed by atoms with Gasteiger partial charge in [0.05, 0.1) is 6.10 Å². The summed E-state index contributed by atoms with van der Waals surface area (Å²) < 4.78 is 5.97. The monoisotopic (exact) mass is 332 g/mol. The maximum absolute atomic E-state index is 13.3. The first-order chi connectivity index (χ1) is 11.4. The Kier molecular flexibility index (Phi) is 3.95. The average Bonchev–Trinajstić information content (AvgIpc) is 2.81. The third-order valence-corrected chi connectivity index (χ3v) is 8.37. The van der Waals surface area contributed by atoms with Crippen LogP contribution in [0, 0.1) is 34.5 Å². The minimum Gasteiger partial charge on any atom is -0.378 e. The topological polar surface area (TPSA) is 43.4 Å². The van der Waals surface area contributed by atoms with Gasteiger partial charge in [0.15, 0.2) is 0 Å². The fraction of sp³-hybridized carbons (Fsp3) is 0.905. The summed E-state index contributed by atoms with van der Waals surface area (Å²) in [6.07, 6.45) is 8.32. The van der Waals surface area contributed by atoms with Gasteiger partial charge in [-0.25, -0.2) is 0 Å². The number of carbonyl (C=O) groups excluding carboxylic acids is 2. The van der Waals surface area contributed by atoms with E-state index in [1.54, 1.807) is 0 Å². The number of carbonyl (C=O) groups is 2. The Labute approximate surface area is 145 Å². The Bertz CT molecular complexity index is 555. The first-order valence-electron chi connectivity index (χ1n) is 10.1. The quantitative estimate of drug-likeness (QED) is 0.762.